The zero-order chi connectivity index (χ0) is 12.5. The highest BCUT2D eigenvalue weighted by molar-refractivity contribution is 5.85. The minimum atomic E-state index is -0.610. The first-order valence-electron chi connectivity index (χ1n) is 5.15. The third kappa shape index (κ3) is 1.67. The van der Waals surface area contributed by atoms with Crippen LogP contribution in [0, 0.1) is 10.1 Å². The van der Waals surface area contributed by atoms with Gasteiger partial charge in [0.05, 0.1) is 0 Å². The van der Waals surface area contributed by atoms with Crippen molar-refractivity contribution in [2.24, 2.45) is 0 Å². The Morgan fingerprint density at radius 2 is 2.11 bits per heavy atom. The van der Waals surface area contributed by atoms with E-state index in [-0.39, 0.29) is 5.95 Å². The molecule has 0 aliphatic heterocycles. The molecule has 0 amide bonds. The molecule has 0 spiro atoms. The molecule has 1 aromatic carbocycles. The van der Waals surface area contributed by atoms with Gasteiger partial charge < -0.3 is 10.1 Å². The fraction of sp³-hybridized carbons (Fsp3) is 0. The number of aromatic amines is 1. The second-order valence-corrected chi connectivity index (χ2v) is 3.68. The third-order valence-electron chi connectivity index (χ3n) is 2.55. The molecule has 0 fully saturated rings. The molecule has 18 heavy (non-hydrogen) atoms. The third-order valence-corrected chi connectivity index (χ3v) is 2.55. The number of rotatable bonds is 2. The maximum atomic E-state index is 10.5. The topological polar surface area (TPSA) is 97.6 Å². The first kappa shape index (κ1) is 10.3. The highest BCUT2D eigenvalue weighted by atomic mass is 16.6. The molecule has 0 bridgehead atoms. The first-order chi connectivity index (χ1) is 8.74. The molecule has 1 N–H and O–H groups in total. The van der Waals surface area contributed by atoms with Gasteiger partial charge in [0.1, 0.15) is 0 Å². The molecule has 3 aromatic rings. The zero-order valence-electron chi connectivity index (χ0n) is 9.07. The number of nitrogens with zero attached hydrogens (tertiary/aromatic N) is 4. The van der Waals surface area contributed by atoms with Gasteiger partial charge in [0.2, 0.25) is 0 Å². The smallest absolute Gasteiger partial charge is 0.390 e. The summed E-state index contributed by atoms with van der Waals surface area (Å²) in [5.41, 5.74) is 0.720. The number of hydrogen-bond donors (Lipinski definition) is 1. The van der Waals surface area contributed by atoms with E-state index in [0.717, 1.165) is 16.3 Å². The second kappa shape index (κ2) is 3.88. The van der Waals surface area contributed by atoms with Crippen molar-refractivity contribution in [3.63, 3.8) is 0 Å². The Morgan fingerprint density at radius 1 is 1.22 bits per heavy atom. The SMILES string of the molecule is O=[N+]([O-])c1nc(-c2ccc3cnccc3c2)n[nH]1. The molecule has 0 unspecified atom stereocenters. The Morgan fingerprint density at radius 3 is 2.89 bits per heavy atom. The van der Waals surface area contributed by atoms with Crippen molar-refractivity contribution in [3.8, 4) is 11.4 Å². The average Bonchev–Trinajstić information content (AvgIpc) is 2.88. The molecule has 3 rings (SSSR count). The summed E-state index contributed by atoms with van der Waals surface area (Å²) in [7, 11) is 0. The van der Waals surface area contributed by atoms with Crippen LogP contribution in [-0.2, 0) is 0 Å². The number of nitro groups is 1. The number of fused-ring (bicyclic) bond motifs is 1. The fourth-order valence-corrected chi connectivity index (χ4v) is 1.69. The summed E-state index contributed by atoms with van der Waals surface area (Å²) in [5, 5.41) is 18.6. The van der Waals surface area contributed by atoms with E-state index in [1.165, 1.54) is 0 Å². The number of benzene rings is 1. The van der Waals surface area contributed by atoms with Crippen molar-refractivity contribution in [3.05, 3.63) is 46.8 Å². The number of hydrogen-bond acceptors (Lipinski definition) is 5. The van der Waals surface area contributed by atoms with Crippen LogP contribution in [0.3, 0.4) is 0 Å². The monoisotopic (exact) mass is 241 g/mol. The molecule has 88 valence electrons. The van der Waals surface area contributed by atoms with Gasteiger partial charge in [-0.3, -0.25) is 4.98 Å². The van der Waals surface area contributed by atoms with Gasteiger partial charge in [0.25, 0.3) is 5.82 Å². The summed E-state index contributed by atoms with van der Waals surface area (Å²) in [6.07, 6.45) is 3.44. The van der Waals surface area contributed by atoms with Crippen LogP contribution in [0.25, 0.3) is 22.2 Å². The Bertz CT molecular complexity index is 737. The van der Waals surface area contributed by atoms with Gasteiger partial charge in [0.15, 0.2) is 0 Å². The van der Waals surface area contributed by atoms with E-state index < -0.39 is 4.92 Å². The predicted octanol–water partition coefficient (Wildman–Crippen LogP) is 1.93. The van der Waals surface area contributed by atoms with Gasteiger partial charge in [0, 0.05) is 23.3 Å². The minimum absolute atomic E-state index is 0.306. The highest BCUT2D eigenvalue weighted by Gasteiger charge is 2.15. The summed E-state index contributed by atoms with van der Waals surface area (Å²) < 4.78 is 0. The Hall–Kier alpha value is -2.83. The Balaban J connectivity index is 2.10. The largest absolute Gasteiger partial charge is 0.453 e. The van der Waals surface area contributed by atoms with Crippen molar-refractivity contribution in [2.45, 2.75) is 0 Å². The maximum absolute atomic E-state index is 10.5. The lowest BCUT2D eigenvalue weighted by Crippen LogP contribution is -1.89. The fourth-order valence-electron chi connectivity index (χ4n) is 1.69. The van der Waals surface area contributed by atoms with E-state index in [1.807, 2.05) is 18.2 Å². The van der Waals surface area contributed by atoms with Crippen LogP contribution in [0.2, 0.25) is 0 Å². The van der Waals surface area contributed by atoms with E-state index in [4.69, 9.17) is 0 Å². The lowest BCUT2D eigenvalue weighted by Gasteiger charge is -1.97. The Labute approximate surface area is 101 Å². The normalized spacial score (nSPS) is 10.7. The van der Waals surface area contributed by atoms with Crippen LogP contribution >= 0.6 is 0 Å². The minimum Gasteiger partial charge on any atom is -0.390 e. The van der Waals surface area contributed by atoms with E-state index in [0.29, 0.717) is 5.82 Å². The van der Waals surface area contributed by atoms with Gasteiger partial charge >= 0.3 is 5.95 Å². The quantitative estimate of drug-likeness (QED) is 0.546. The molecule has 0 atom stereocenters. The summed E-state index contributed by atoms with van der Waals surface area (Å²) in [6, 6.07) is 7.40. The Kier molecular flexibility index (Phi) is 2.23. The molecule has 0 saturated heterocycles. The van der Waals surface area contributed by atoms with Crippen LogP contribution in [0.1, 0.15) is 0 Å². The summed E-state index contributed by atoms with van der Waals surface area (Å²) in [6.45, 7) is 0. The van der Waals surface area contributed by atoms with Gasteiger partial charge in [-0.05, 0) is 33.5 Å². The van der Waals surface area contributed by atoms with Crippen molar-refractivity contribution in [2.75, 3.05) is 0 Å². The number of nitrogens with one attached hydrogen (secondary N) is 1. The van der Waals surface area contributed by atoms with Crippen molar-refractivity contribution < 1.29 is 4.92 Å². The van der Waals surface area contributed by atoms with Crippen LogP contribution in [0.5, 0.6) is 0 Å². The standard InChI is InChI=1S/C11H7N5O2/c17-16(18)11-13-10(14-15-11)8-1-2-9-6-12-4-3-7(9)5-8/h1-6H,(H,13,14,15). The molecule has 7 heteroatoms. The number of aromatic nitrogens is 4. The zero-order valence-corrected chi connectivity index (χ0v) is 9.07. The molecule has 2 aromatic heterocycles. The molecule has 0 aliphatic carbocycles. The van der Waals surface area contributed by atoms with Crippen molar-refractivity contribution >= 4 is 16.7 Å². The second-order valence-electron chi connectivity index (χ2n) is 3.68. The van der Waals surface area contributed by atoms with E-state index >= 15 is 0 Å². The van der Waals surface area contributed by atoms with Gasteiger partial charge in [-0.15, -0.1) is 5.10 Å². The summed E-state index contributed by atoms with van der Waals surface area (Å²) >= 11 is 0. The van der Waals surface area contributed by atoms with Gasteiger partial charge in [-0.1, -0.05) is 11.2 Å². The van der Waals surface area contributed by atoms with E-state index in [1.54, 1.807) is 18.5 Å². The number of H-pyrrole nitrogens is 1. The molecule has 2 heterocycles. The van der Waals surface area contributed by atoms with Gasteiger partial charge in [-0.2, -0.15) is 0 Å². The molecule has 7 nitrogen and oxygen atoms in total. The highest BCUT2D eigenvalue weighted by Crippen LogP contribution is 2.22. The van der Waals surface area contributed by atoms with E-state index in [9.17, 15) is 10.1 Å². The van der Waals surface area contributed by atoms with Crippen molar-refractivity contribution in [1.82, 2.24) is 20.2 Å². The summed E-state index contributed by atoms with van der Waals surface area (Å²) in [5.74, 6) is -0.0553. The average molecular weight is 241 g/mol. The molecular weight excluding hydrogens is 234 g/mol. The predicted molar refractivity (Wildman–Crippen MR) is 63.8 cm³/mol. The number of pyridine rings is 1. The molecule has 0 saturated carbocycles. The van der Waals surface area contributed by atoms with Crippen molar-refractivity contribution in [1.29, 1.82) is 0 Å². The van der Waals surface area contributed by atoms with Crippen LogP contribution in [-0.4, -0.2) is 25.1 Å². The first-order valence-corrected chi connectivity index (χ1v) is 5.15. The van der Waals surface area contributed by atoms with Crippen LogP contribution in [0.4, 0.5) is 5.95 Å². The van der Waals surface area contributed by atoms with E-state index in [2.05, 4.69) is 20.2 Å². The van der Waals surface area contributed by atoms with Gasteiger partial charge in [-0.25, -0.2) is 0 Å². The maximum Gasteiger partial charge on any atom is 0.453 e. The van der Waals surface area contributed by atoms with Crippen LogP contribution < -0.4 is 0 Å². The molecular formula is C11H7N5O2. The summed E-state index contributed by atoms with van der Waals surface area (Å²) in [4.78, 5) is 17.7. The lowest BCUT2D eigenvalue weighted by atomic mass is 10.1. The molecule has 0 aliphatic rings. The molecule has 0 radical (unpaired) electrons. The van der Waals surface area contributed by atoms with Crippen LogP contribution in [0.15, 0.2) is 36.7 Å². The lowest BCUT2D eigenvalue weighted by molar-refractivity contribution is -0.394.